The van der Waals surface area contributed by atoms with E-state index in [0.29, 0.717) is 5.92 Å². The van der Waals surface area contributed by atoms with Crippen molar-refractivity contribution in [1.82, 2.24) is 0 Å². The molecule has 1 saturated carbocycles. The fraction of sp³-hybridized carbons (Fsp3) is 0.385. The number of hydrogen-bond acceptors (Lipinski definition) is 2. The third-order valence-corrected chi connectivity index (χ3v) is 3.04. The van der Waals surface area contributed by atoms with Gasteiger partial charge in [0.05, 0.1) is 5.71 Å². The third kappa shape index (κ3) is 2.84. The maximum Gasteiger partial charge on any atom is 0.211 e. The van der Waals surface area contributed by atoms with Gasteiger partial charge in [-0.2, -0.15) is 5.10 Å². The maximum atomic E-state index is 5.31. The second-order valence-corrected chi connectivity index (χ2v) is 4.58. The van der Waals surface area contributed by atoms with E-state index >= 15 is 0 Å². The van der Waals surface area contributed by atoms with E-state index in [0.717, 1.165) is 11.3 Å². The lowest BCUT2D eigenvalue weighted by Gasteiger charge is -2.06. The molecule has 1 fully saturated rings. The van der Waals surface area contributed by atoms with Gasteiger partial charge in [0.1, 0.15) is 0 Å². The maximum absolute atomic E-state index is 5.31. The molecular formula is C13H18N4. The second kappa shape index (κ2) is 4.57. The molecule has 0 spiro atoms. The molecule has 0 atom stereocenters. The van der Waals surface area contributed by atoms with Crippen molar-refractivity contribution in [1.29, 1.82) is 0 Å². The van der Waals surface area contributed by atoms with Crippen molar-refractivity contribution < 1.29 is 0 Å². The van der Waals surface area contributed by atoms with Crippen molar-refractivity contribution in [2.24, 2.45) is 27.6 Å². The van der Waals surface area contributed by atoms with Gasteiger partial charge in [-0.3, -0.25) is 0 Å². The Hall–Kier alpha value is -1.84. The van der Waals surface area contributed by atoms with Crippen molar-refractivity contribution in [2.45, 2.75) is 26.7 Å². The molecule has 4 nitrogen and oxygen atoms in total. The van der Waals surface area contributed by atoms with Crippen LogP contribution in [0.2, 0.25) is 0 Å². The number of nitrogens with two attached hydrogens (primary N) is 2. The zero-order valence-electron chi connectivity index (χ0n) is 10.3. The van der Waals surface area contributed by atoms with Gasteiger partial charge in [-0.1, -0.05) is 12.1 Å². The molecule has 0 heterocycles. The molecule has 4 heteroatoms. The first-order valence-electron chi connectivity index (χ1n) is 5.82. The minimum absolute atomic E-state index is 0.00647. The molecule has 0 amide bonds. The summed E-state index contributed by atoms with van der Waals surface area (Å²) < 4.78 is 0. The van der Waals surface area contributed by atoms with E-state index in [1.807, 2.05) is 0 Å². The first kappa shape index (κ1) is 11.6. The Morgan fingerprint density at radius 2 is 1.82 bits per heavy atom. The van der Waals surface area contributed by atoms with Crippen LogP contribution in [-0.4, -0.2) is 11.7 Å². The lowest BCUT2D eigenvalue weighted by molar-refractivity contribution is 1.11. The molecule has 1 aliphatic rings. The standard InChI is InChI=1S/C13H18N4/c1-8-3-4-11(7-9(8)2)12(10-5-6-10)16-17-13(14)15/h3-4,7,10H,5-6H2,1-2H3,(H4,14,15,17)/b16-12-. The number of aryl methyl sites for hydroxylation is 2. The van der Waals surface area contributed by atoms with E-state index in [1.165, 1.54) is 24.0 Å². The van der Waals surface area contributed by atoms with E-state index < -0.39 is 0 Å². The summed E-state index contributed by atoms with van der Waals surface area (Å²) in [6.45, 7) is 4.20. The highest BCUT2D eigenvalue weighted by atomic mass is 15.3. The first-order valence-corrected chi connectivity index (χ1v) is 5.82. The second-order valence-electron chi connectivity index (χ2n) is 4.58. The summed E-state index contributed by atoms with van der Waals surface area (Å²) >= 11 is 0. The predicted octanol–water partition coefficient (Wildman–Crippen LogP) is 1.69. The summed E-state index contributed by atoms with van der Waals surface area (Å²) in [5, 5.41) is 7.96. The Balaban J connectivity index is 2.36. The summed E-state index contributed by atoms with van der Waals surface area (Å²) in [4.78, 5) is 0. The Bertz CT molecular complexity index is 480. The van der Waals surface area contributed by atoms with Gasteiger partial charge in [0, 0.05) is 5.92 Å². The van der Waals surface area contributed by atoms with E-state index in [4.69, 9.17) is 11.5 Å². The molecule has 1 aliphatic carbocycles. The van der Waals surface area contributed by atoms with Crippen LogP contribution in [0, 0.1) is 19.8 Å². The molecule has 17 heavy (non-hydrogen) atoms. The van der Waals surface area contributed by atoms with E-state index in [-0.39, 0.29) is 5.96 Å². The van der Waals surface area contributed by atoms with Crippen LogP contribution in [0.25, 0.3) is 0 Å². The highest BCUT2D eigenvalue weighted by Gasteiger charge is 2.28. The lowest BCUT2D eigenvalue weighted by atomic mass is 10.0. The third-order valence-electron chi connectivity index (χ3n) is 3.04. The van der Waals surface area contributed by atoms with Crippen molar-refractivity contribution in [3.05, 3.63) is 34.9 Å². The summed E-state index contributed by atoms with van der Waals surface area (Å²) in [5.41, 5.74) is 15.3. The Labute approximate surface area is 101 Å². The average molecular weight is 230 g/mol. The monoisotopic (exact) mass is 230 g/mol. The lowest BCUT2D eigenvalue weighted by Crippen LogP contribution is -2.22. The zero-order valence-corrected chi connectivity index (χ0v) is 10.3. The molecule has 0 unspecified atom stereocenters. The van der Waals surface area contributed by atoms with Crippen LogP contribution in [0.1, 0.15) is 29.5 Å². The fourth-order valence-electron chi connectivity index (χ4n) is 1.74. The van der Waals surface area contributed by atoms with E-state index in [1.54, 1.807) is 0 Å². The van der Waals surface area contributed by atoms with Crippen LogP contribution in [-0.2, 0) is 0 Å². The number of benzene rings is 1. The van der Waals surface area contributed by atoms with Crippen molar-refractivity contribution in [2.75, 3.05) is 0 Å². The van der Waals surface area contributed by atoms with Crippen molar-refractivity contribution in [3.8, 4) is 0 Å². The highest BCUT2D eigenvalue weighted by Crippen LogP contribution is 2.33. The average Bonchev–Trinajstić information content (AvgIpc) is 3.07. The van der Waals surface area contributed by atoms with Crippen LogP contribution in [0.5, 0.6) is 0 Å². The number of rotatable bonds is 3. The van der Waals surface area contributed by atoms with Crippen molar-refractivity contribution >= 4 is 11.7 Å². The van der Waals surface area contributed by atoms with Crippen LogP contribution < -0.4 is 11.5 Å². The molecule has 0 saturated heterocycles. The van der Waals surface area contributed by atoms with Crippen LogP contribution in [0.4, 0.5) is 0 Å². The molecule has 1 aromatic rings. The van der Waals surface area contributed by atoms with E-state index in [9.17, 15) is 0 Å². The SMILES string of the molecule is Cc1ccc(/C(=N\N=C(N)N)C2CC2)cc1C. The topological polar surface area (TPSA) is 76.8 Å². The van der Waals surface area contributed by atoms with Gasteiger partial charge in [0.15, 0.2) is 0 Å². The molecule has 0 radical (unpaired) electrons. The number of guanidine groups is 1. The molecule has 0 aromatic heterocycles. The largest absolute Gasteiger partial charge is 0.369 e. The molecule has 0 aliphatic heterocycles. The normalized spacial score (nSPS) is 15.8. The van der Waals surface area contributed by atoms with Crippen LogP contribution >= 0.6 is 0 Å². The first-order chi connectivity index (χ1) is 8.08. The fourth-order valence-corrected chi connectivity index (χ4v) is 1.74. The predicted molar refractivity (Wildman–Crippen MR) is 71.0 cm³/mol. The van der Waals surface area contributed by atoms with Gasteiger partial charge in [0.25, 0.3) is 0 Å². The van der Waals surface area contributed by atoms with Crippen LogP contribution in [0.15, 0.2) is 28.4 Å². The zero-order chi connectivity index (χ0) is 12.4. The van der Waals surface area contributed by atoms with Gasteiger partial charge < -0.3 is 11.5 Å². The number of nitrogens with zero attached hydrogens (tertiary/aromatic N) is 2. The Morgan fingerprint density at radius 1 is 1.12 bits per heavy atom. The minimum atomic E-state index is 0.00647. The smallest absolute Gasteiger partial charge is 0.211 e. The summed E-state index contributed by atoms with van der Waals surface area (Å²) in [6, 6.07) is 6.34. The van der Waals surface area contributed by atoms with Gasteiger partial charge in [-0.05, 0) is 49.4 Å². The number of hydrogen-bond donors (Lipinski definition) is 2. The minimum Gasteiger partial charge on any atom is -0.369 e. The quantitative estimate of drug-likeness (QED) is 0.471. The van der Waals surface area contributed by atoms with Gasteiger partial charge in [0.2, 0.25) is 5.96 Å². The highest BCUT2D eigenvalue weighted by molar-refractivity contribution is 6.04. The summed E-state index contributed by atoms with van der Waals surface area (Å²) in [5.74, 6) is 0.521. The molecule has 4 N–H and O–H groups in total. The Morgan fingerprint density at radius 3 is 2.35 bits per heavy atom. The molecule has 1 aromatic carbocycles. The molecule has 2 rings (SSSR count). The van der Waals surface area contributed by atoms with E-state index in [2.05, 4.69) is 42.2 Å². The summed E-state index contributed by atoms with van der Waals surface area (Å²) in [6.07, 6.45) is 2.34. The Kier molecular flexibility index (Phi) is 3.13. The van der Waals surface area contributed by atoms with Crippen LogP contribution in [0.3, 0.4) is 0 Å². The molecule has 0 bridgehead atoms. The van der Waals surface area contributed by atoms with Gasteiger partial charge >= 0.3 is 0 Å². The van der Waals surface area contributed by atoms with Crippen molar-refractivity contribution in [3.63, 3.8) is 0 Å². The van der Waals surface area contributed by atoms with Gasteiger partial charge in [-0.25, -0.2) is 0 Å². The molecular weight excluding hydrogens is 212 g/mol. The molecule has 90 valence electrons. The summed E-state index contributed by atoms with van der Waals surface area (Å²) in [7, 11) is 0. The van der Waals surface area contributed by atoms with Gasteiger partial charge in [-0.15, -0.1) is 5.10 Å².